The van der Waals surface area contributed by atoms with Gasteiger partial charge in [0.15, 0.2) is 0 Å². The molecule has 0 N–H and O–H groups in total. The molecule has 1 aliphatic carbocycles. The first-order chi connectivity index (χ1) is 15.7. The van der Waals surface area contributed by atoms with Gasteiger partial charge in [-0.15, -0.1) is 0 Å². The molecule has 0 amide bonds. The Morgan fingerprint density at radius 1 is 0.719 bits per heavy atom. The van der Waals surface area contributed by atoms with Crippen molar-refractivity contribution in [2.45, 2.75) is 19.3 Å². The number of aromatic nitrogens is 4. The molecule has 6 aromatic rings. The predicted molar refractivity (Wildman–Crippen MR) is 129 cm³/mol. The van der Waals surface area contributed by atoms with Crippen molar-refractivity contribution >= 4 is 32.6 Å². The van der Waals surface area contributed by atoms with Crippen LogP contribution in [0.25, 0.3) is 49.7 Å². The molecule has 0 unspecified atom stereocenters. The van der Waals surface area contributed by atoms with Crippen LogP contribution < -0.4 is 0 Å². The van der Waals surface area contributed by atoms with Crippen LogP contribution in [0.15, 0.2) is 85.5 Å². The van der Waals surface area contributed by atoms with Crippen LogP contribution in [0.3, 0.4) is 0 Å². The third-order valence-electron chi connectivity index (χ3n) is 7.04. The molecule has 4 aromatic carbocycles. The van der Waals surface area contributed by atoms with Gasteiger partial charge in [-0.1, -0.05) is 80.6 Å². The highest BCUT2D eigenvalue weighted by molar-refractivity contribution is 6.23. The van der Waals surface area contributed by atoms with Crippen molar-refractivity contribution in [3.63, 3.8) is 0 Å². The summed E-state index contributed by atoms with van der Waals surface area (Å²) in [5.74, 6) is 0.641. The molecule has 0 bridgehead atoms. The lowest BCUT2D eigenvalue weighted by Crippen LogP contribution is -2.14. The molecule has 2 aromatic heterocycles. The van der Waals surface area contributed by atoms with E-state index >= 15 is 0 Å². The monoisotopic (exact) mass is 412 g/mol. The molecular weight excluding hydrogens is 392 g/mol. The van der Waals surface area contributed by atoms with E-state index in [4.69, 9.17) is 0 Å². The molecule has 0 fully saturated rings. The molecule has 0 spiro atoms. The zero-order chi connectivity index (χ0) is 21.4. The molecule has 4 heteroatoms. The molecule has 0 radical (unpaired) electrons. The summed E-state index contributed by atoms with van der Waals surface area (Å²) in [6.07, 6.45) is 3.13. The Balaban J connectivity index is 1.78. The maximum Gasteiger partial charge on any atom is 0.237 e. The van der Waals surface area contributed by atoms with Crippen molar-refractivity contribution < 1.29 is 0 Å². The van der Waals surface area contributed by atoms with Crippen LogP contribution in [0.4, 0.5) is 0 Å². The van der Waals surface area contributed by atoms with Gasteiger partial charge >= 0.3 is 0 Å². The average Bonchev–Trinajstić information content (AvgIpc) is 3.29. The predicted octanol–water partition coefficient (Wildman–Crippen LogP) is 6.43. The molecular formula is C28H20N4. The van der Waals surface area contributed by atoms with E-state index < -0.39 is 0 Å². The average molecular weight is 412 g/mol. The minimum Gasteiger partial charge on any atom is -0.277 e. The van der Waals surface area contributed by atoms with E-state index in [0.29, 0.717) is 5.95 Å². The van der Waals surface area contributed by atoms with E-state index in [-0.39, 0.29) is 5.41 Å². The highest BCUT2D eigenvalue weighted by atomic mass is 15.2. The first kappa shape index (κ1) is 17.6. The fourth-order valence-electron chi connectivity index (χ4n) is 5.61. The van der Waals surface area contributed by atoms with E-state index in [1.54, 1.807) is 12.7 Å². The summed E-state index contributed by atoms with van der Waals surface area (Å²) in [5.41, 5.74) is 7.59. The van der Waals surface area contributed by atoms with Crippen molar-refractivity contribution in [3.05, 3.63) is 96.6 Å². The van der Waals surface area contributed by atoms with Gasteiger partial charge in [-0.25, -0.2) is 15.0 Å². The Bertz CT molecular complexity index is 1690. The van der Waals surface area contributed by atoms with Crippen LogP contribution in [0.2, 0.25) is 0 Å². The van der Waals surface area contributed by atoms with Crippen LogP contribution in [0.1, 0.15) is 25.0 Å². The van der Waals surface area contributed by atoms with E-state index in [9.17, 15) is 0 Å². The van der Waals surface area contributed by atoms with Crippen LogP contribution in [-0.2, 0) is 5.41 Å². The molecule has 152 valence electrons. The van der Waals surface area contributed by atoms with E-state index in [0.717, 1.165) is 11.0 Å². The molecule has 4 nitrogen and oxygen atoms in total. The Morgan fingerprint density at radius 2 is 1.47 bits per heavy atom. The van der Waals surface area contributed by atoms with Gasteiger partial charge in [-0.2, -0.15) is 0 Å². The van der Waals surface area contributed by atoms with Crippen molar-refractivity contribution in [2.75, 3.05) is 0 Å². The van der Waals surface area contributed by atoms with Crippen LogP contribution >= 0.6 is 0 Å². The van der Waals surface area contributed by atoms with Crippen LogP contribution in [0, 0.1) is 0 Å². The molecule has 0 saturated heterocycles. The smallest absolute Gasteiger partial charge is 0.237 e. The van der Waals surface area contributed by atoms with E-state index in [1.165, 1.54) is 43.8 Å². The number of hydrogen-bond donors (Lipinski definition) is 0. The lowest BCUT2D eigenvalue weighted by Gasteiger charge is -2.21. The lowest BCUT2D eigenvalue weighted by molar-refractivity contribution is 0.661. The van der Waals surface area contributed by atoms with E-state index in [2.05, 4.69) is 106 Å². The SMILES string of the molecule is CC1(C)c2ccccc2-c2c1ccc1ccc3c4ccccc4n(-c4ncncn4)c3c21. The van der Waals surface area contributed by atoms with Crippen LogP contribution in [0.5, 0.6) is 0 Å². The quantitative estimate of drug-likeness (QED) is 0.313. The second-order valence-electron chi connectivity index (χ2n) is 9.01. The first-order valence-corrected chi connectivity index (χ1v) is 10.9. The Labute approximate surface area is 185 Å². The fourth-order valence-corrected chi connectivity index (χ4v) is 5.61. The van der Waals surface area contributed by atoms with Crippen molar-refractivity contribution in [2.24, 2.45) is 0 Å². The summed E-state index contributed by atoms with van der Waals surface area (Å²) in [4.78, 5) is 13.1. The van der Waals surface area contributed by atoms with Gasteiger partial charge in [-0.3, -0.25) is 4.57 Å². The van der Waals surface area contributed by atoms with Crippen molar-refractivity contribution in [1.29, 1.82) is 0 Å². The number of fused-ring (bicyclic) bond motifs is 9. The van der Waals surface area contributed by atoms with E-state index in [1.807, 2.05) is 0 Å². The molecule has 0 saturated carbocycles. The normalized spacial score (nSPS) is 14.2. The van der Waals surface area contributed by atoms with Gasteiger partial charge in [0, 0.05) is 21.6 Å². The van der Waals surface area contributed by atoms with Gasteiger partial charge in [-0.05, 0) is 33.7 Å². The Morgan fingerprint density at radius 3 is 2.34 bits per heavy atom. The largest absolute Gasteiger partial charge is 0.277 e. The minimum absolute atomic E-state index is 0.0493. The highest BCUT2D eigenvalue weighted by Gasteiger charge is 2.36. The number of hydrogen-bond acceptors (Lipinski definition) is 3. The van der Waals surface area contributed by atoms with Gasteiger partial charge in [0.1, 0.15) is 12.7 Å². The summed E-state index contributed by atoms with van der Waals surface area (Å²) in [7, 11) is 0. The molecule has 0 atom stereocenters. The molecule has 32 heavy (non-hydrogen) atoms. The Hall–Kier alpha value is -4.05. The number of nitrogens with zero attached hydrogens (tertiary/aromatic N) is 4. The maximum atomic E-state index is 4.54. The van der Waals surface area contributed by atoms with Gasteiger partial charge in [0.05, 0.1) is 11.0 Å². The molecule has 1 aliphatic rings. The lowest BCUT2D eigenvalue weighted by atomic mass is 9.82. The van der Waals surface area contributed by atoms with Gasteiger partial charge < -0.3 is 0 Å². The standard InChI is InChI=1S/C28H20N4/c1-28(2)21-9-5-3-8-20(21)25-22(28)14-12-17-11-13-19-18-7-4-6-10-23(18)32(26(19)24(17)25)27-30-15-29-16-31-27/h3-16H,1-2H3. The van der Waals surface area contributed by atoms with Gasteiger partial charge in [0.2, 0.25) is 5.95 Å². The summed E-state index contributed by atoms with van der Waals surface area (Å²) < 4.78 is 2.20. The zero-order valence-electron chi connectivity index (χ0n) is 17.9. The zero-order valence-corrected chi connectivity index (χ0v) is 17.9. The Kier molecular flexibility index (Phi) is 3.31. The van der Waals surface area contributed by atoms with Crippen LogP contribution in [-0.4, -0.2) is 19.5 Å². The fraction of sp³-hybridized carbons (Fsp3) is 0.107. The summed E-state index contributed by atoms with van der Waals surface area (Å²) >= 11 is 0. The second kappa shape index (κ2) is 6.01. The molecule has 2 heterocycles. The second-order valence-corrected chi connectivity index (χ2v) is 9.01. The number of para-hydroxylation sites is 1. The molecule has 0 aliphatic heterocycles. The first-order valence-electron chi connectivity index (χ1n) is 10.9. The summed E-state index contributed by atoms with van der Waals surface area (Å²) in [6.45, 7) is 4.65. The topological polar surface area (TPSA) is 43.6 Å². The van der Waals surface area contributed by atoms with Crippen molar-refractivity contribution in [3.8, 4) is 17.1 Å². The maximum absolute atomic E-state index is 4.54. The summed E-state index contributed by atoms with van der Waals surface area (Å²) in [5, 5.41) is 4.90. The van der Waals surface area contributed by atoms with Gasteiger partial charge in [0.25, 0.3) is 0 Å². The summed E-state index contributed by atoms with van der Waals surface area (Å²) in [6, 6.07) is 26.4. The highest BCUT2D eigenvalue weighted by Crippen LogP contribution is 2.52. The number of benzene rings is 4. The third-order valence-corrected chi connectivity index (χ3v) is 7.04. The number of rotatable bonds is 1. The third kappa shape index (κ3) is 2.09. The van der Waals surface area contributed by atoms with Crippen molar-refractivity contribution in [1.82, 2.24) is 19.5 Å². The molecule has 7 rings (SSSR count). The minimum atomic E-state index is -0.0493.